The van der Waals surface area contributed by atoms with Crippen molar-refractivity contribution < 1.29 is 26.9 Å². The molecule has 10 heteroatoms. The molecule has 1 atom stereocenters. The molecule has 0 fully saturated rings. The quantitative estimate of drug-likeness (QED) is 0.486. The molecule has 36 heavy (non-hydrogen) atoms. The molecule has 3 aromatic carbocycles. The highest BCUT2D eigenvalue weighted by molar-refractivity contribution is 7.86. The molecule has 1 heterocycles. The van der Waals surface area contributed by atoms with Crippen LogP contribution >= 0.6 is 0 Å². The van der Waals surface area contributed by atoms with Gasteiger partial charge in [0.1, 0.15) is 17.2 Å². The second-order valence-electron chi connectivity index (χ2n) is 8.49. The predicted molar refractivity (Wildman–Crippen MR) is 137 cm³/mol. The number of methoxy groups -OCH3 is 2. The molecule has 0 spiro atoms. The second-order valence-corrected chi connectivity index (χ2v) is 10.1. The van der Waals surface area contributed by atoms with Gasteiger partial charge in [0.05, 0.1) is 20.5 Å². The van der Waals surface area contributed by atoms with Crippen molar-refractivity contribution in [2.45, 2.75) is 12.5 Å². The van der Waals surface area contributed by atoms with E-state index in [0.717, 1.165) is 11.8 Å². The normalized spacial score (nSPS) is 17.6. The number of aryl methyl sites for hydroxylation is 1. The van der Waals surface area contributed by atoms with Crippen LogP contribution in [0.5, 0.6) is 17.2 Å². The summed E-state index contributed by atoms with van der Waals surface area (Å²) in [6.45, 7) is 1.89. The molecular weight excluding hydrogens is 482 g/mol. The molecule has 0 radical (unpaired) electrons. The summed E-state index contributed by atoms with van der Waals surface area (Å²) in [5.41, 5.74) is 8.12. The Hall–Kier alpha value is -4.05. The van der Waals surface area contributed by atoms with Gasteiger partial charge < -0.3 is 19.4 Å². The zero-order chi connectivity index (χ0) is 26.3. The van der Waals surface area contributed by atoms with E-state index in [2.05, 4.69) is 4.99 Å². The summed E-state index contributed by atoms with van der Waals surface area (Å²) in [4.78, 5) is 19.6. The van der Waals surface area contributed by atoms with Gasteiger partial charge in [-0.1, -0.05) is 24.3 Å². The third kappa shape index (κ3) is 4.47. The molecular formula is C26H27N3O6S. The summed E-state index contributed by atoms with van der Waals surface area (Å²) in [5, 5.41) is 0. The lowest BCUT2D eigenvalue weighted by Gasteiger charge is -2.27. The Morgan fingerprint density at radius 3 is 2.19 bits per heavy atom. The van der Waals surface area contributed by atoms with Gasteiger partial charge >= 0.3 is 10.1 Å². The van der Waals surface area contributed by atoms with Gasteiger partial charge in [0, 0.05) is 13.1 Å². The first-order valence-corrected chi connectivity index (χ1v) is 12.8. The van der Waals surface area contributed by atoms with Crippen LogP contribution in [0, 0.1) is 6.92 Å². The van der Waals surface area contributed by atoms with Crippen molar-refractivity contribution in [1.29, 1.82) is 0 Å². The standard InChI is InChI=1S/C26H27N3O6S/c1-16-11-20(9-10-23(16)34-4)26(24(30)29(2)25(27)28-26)19-8-6-7-17(12-19)18-13-21(33-3)15-22(14-18)35-36(5,31)32/h6-15H,1-5H3,(H2,27,28). The molecule has 0 bridgehead atoms. The van der Waals surface area contributed by atoms with Crippen LogP contribution in [-0.4, -0.2) is 52.7 Å². The fourth-order valence-electron chi connectivity index (χ4n) is 4.29. The molecule has 4 rings (SSSR count). The van der Waals surface area contributed by atoms with Gasteiger partial charge in [0.2, 0.25) is 0 Å². The van der Waals surface area contributed by atoms with E-state index in [4.69, 9.17) is 19.4 Å². The van der Waals surface area contributed by atoms with Crippen LogP contribution in [0.4, 0.5) is 0 Å². The van der Waals surface area contributed by atoms with Crippen LogP contribution in [-0.2, 0) is 20.5 Å². The molecule has 1 aliphatic heterocycles. The Morgan fingerprint density at radius 1 is 0.917 bits per heavy atom. The van der Waals surface area contributed by atoms with Gasteiger partial charge in [-0.2, -0.15) is 8.42 Å². The lowest BCUT2D eigenvalue weighted by atomic mass is 9.81. The number of benzene rings is 3. The van der Waals surface area contributed by atoms with Crippen molar-refractivity contribution in [3.05, 3.63) is 77.4 Å². The van der Waals surface area contributed by atoms with Crippen molar-refractivity contribution in [3.8, 4) is 28.4 Å². The van der Waals surface area contributed by atoms with E-state index >= 15 is 0 Å². The Balaban J connectivity index is 1.91. The summed E-state index contributed by atoms with van der Waals surface area (Å²) in [5.74, 6) is 1.01. The minimum absolute atomic E-state index is 0.101. The number of carbonyl (C=O) groups is 1. The van der Waals surface area contributed by atoms with Crippen molar-refractivity contribution in [3.63, 3.8) is 0 Å². The summed E-state index contributed by atoms with van der Waals surface area (Å²) < 4.78 is 39.2. The van der Waals surface area contributed by atoms with Crippen LogP contribution in [0.1, 0.15) is 16.7 Å². The zero-order valence-corrected chi connectivity index (χ0v) is 21.4. The SMILES string of the molecule is COc1cc(OS(C)(=O)=O)cc(-c2cccc(C3(c4ccc(OC)c(C)c4)N=C(N)N(C)C3=O)c2)c1. The maximum Gasteiger partial charge on any atom is 0.306 e. The van der Waals surface area contributed by atoms with E-state index in [0.29, 0.717) is 33.8 Å². The van der Waals surface area contributed by atoms with Crippen LogP contribution in [0.3, 0.4) is 0 Å². The zero-order valence-electron chi connectivity index (χ0n) is 20.6. The number of guanidine groups is 1. The molecule has 1 unspecified atom stereocenters. The predicted octanol–water partition coefficient (Wildman–Crippen LogP) is 3.05. The van der Waals surface area contributed by atoms with E-state index in [1.165, 1.54) is 18.1 Å². The Labute approximate surface area is 210 Å². The van der Waals surface area contributed by atoms with E-state index in [1.807, 2.05) is 31.2 Å². The van der Waals surface area contributed by atoms with Gasteiger partial charge in [0.25, 0.3) is 5.91 Å². The lowest BCUT2D eigenvalue weighted by molar-refractivity contribution is -0.129. The highest BCUT2D eigenvalue weighted by Crippen LogP contribution is 2.42. The summed E-state index contributed by atoms with van der Waals surface area (Å²) in [6, 6.07) is 17.6. The van der Waals surface area contributed by atoms with Crippen LogP contribution in [0.2, 0.25) is 0 Å². The summed E-state index contributed by atoms with van der Waals surface area (Å²) >= 11 is 0. The van der Waals surface area contributed by atoms with E-state index in [-0.39, 0.29) is 17.6 Å². The van der Waals surface area contributed by atoms with Gasteiger partial charge in [-0.25, -0.2) is 4.99 Å². The molecule has 0 aromatic heterocycles. The molecule has 0 saturated heterocycles. The maximum atomic E-state index is 13.7. The molecule has 2 N–H and O–H groups in total. The summed E-state index contributed by atoms with van der Waals surface area (Å²) in [7, 11) is 0.901. The van der Waals surface area contributed by atoms with Crippen molar-refractivity contribution in [2.75, 3.05) is 27.5 Å². The fourth-order valence-corrected chi connectivity index (χ4v) is 4.74. The van der Waals surface area contributed by atoms with E-state index < -0.39 is 15.7 Å². The Kier molecular flexibility index (Phi) is 6.40. The van der Waals surface area contributed by atoms with Gasteiger partial charge in [0.15, 0.2) is 11.5 Å². The third-order valence-electron chi connectivity index (χ3n) is 6.03. The number of hydrogen-bond donors (Lipinski definition) is 1. The number of ether oxygens (including phenoxy) is 2. The molecule has 3 aromatic rings. The van der Waals surface area contributed by atoms with Crippen LogP contribution in [0.15, 0.2) is 65.7 Å². The topological polar surface area (TPSA) is 121 Å². The van der Waals surface area contributed by atoms with Gasteiger partial charge in [-0.05, 0) is 65.1 Å². The Morgan fingerprint density at radius 2 is 1.61 bits per heavy atom. The van der Waals surface area contributed by atoms with Crippen LogP contribution < -0.4 is 19.4 Å². The smallest absolute Gasteiger partial charge is 0.306 e. The van der Waals surface area contributed by atoms with Gasteiger partial charge in [-0.3, -0.25) is 9.69 Å². The number of nitrogens with two attached hydrogens (primary N) is 1. The molecule has 9 nitrogen and oxygen atoms in total. The first-order chi connectivity index (χ1) is 17.0. The molecule has 0 saturated carbocycles. The van der Waals surface area contributed by atoms with E-state index in [1.54, 1.807) is 44.5 Å². The van der Waals surface area contributed by atoms with Gasteiger partial charge in [-0.15, -0.1) is 0 Å². The number of carbonyl (C=O) groups excluding carboxylic acids is 1. The molecule has 188 valence electrons. The molecule has 1 amide bonds. The molecule has 1 aliphatic rings. The minimum Gasteiger partial charge on any atom is -0.497 e. The maximum absolute atomic E-state index is 13.7. The number of rotatable bonds is 7. The lowest BCUT2D eigenvalue weighted by Crippen LogP contribution is -2.41. The average Bonchev–Trinajstić information content (AvgIpc) is 3.07. The number of likely N-dealkylation sites (N-methyl/N-ethyl adjacent to an activating group) is 1. The minimum atomic E-state index is -3.75. The average molecular weight is 510 g/mol. The fraction of sp³-hybridized carbons (Fsp3) is 0.231. The van der Waals surface area contributed by atoms with Crippen LogP contribution in [0.25, 0.3) is 11.1 Å². The number of nitrogens with zero attached hydrogens (tertiary/aromatic N) is 2. The second kappa shape index (κ2) is 9.19. The Bertz CT molecular complexity index is 1480. The number of hydrogen-bond acceptors (Lipinski definition) is 8. The van der Waals surface area contributed by atoms with E-state index in [9.17, 15) is 13.2 Å². The summed E-state index contributed by atoms with van der Waals surface area (Å²) in [6.07, 6.45) is 0.970. The molecule has 0 aliphatic carbocycles. The first kappa shape index (κ1) is 25.1. The monoisotopic (exact) mass is 509 g/mol. The largest absolute Gasteiger partial charge is 0.497 e. The van der Waals surface area contributed by atoms with Crippen molar-refractivity contribution >= 4 is 22.0 Å². The number of aliphatic imine (C=N–C) groups is 1. The highest BCUT2D eigenvalue weighted by Gasteiger charge is 2.49. The third-order valence-corrected chi connectivity index (χ3v) is 6.52. The van der Waals surface area contributed by atoms with Crippen molar-refractivity contribution in [2.24, 2.45) is 10.7 Å². The first-order valence-electron chi connectivity index (χ1n) is 11.0. The van der Waals surface area contributed by atoms with Crippen molar-refractivity contribution in [1.82, 2.24) is 4.90 Å². The number of amides is 1. The highest BCUT2D eigenvalue weighted by atomic mass is 32.2.